The van der Waals surface area contributed by atoms with Crippen molar-refractivity contribution in [2.75, 3.05) is 19.6 Å². The fraction of sp³-hybridized carbons (Fsp3) is 0.867. The Morgan fingerprint density at radius 3 is 2.95 bits per heavy atom. The topological polar surface area (TPSA) is 54.2 Å². The van der Waals surface area contributed by atoms with Gasteiger partial charge in [0.25, 0.3) is 0 Å². The van der Waals surface area contributed by atoms with Gasteiger partial charge in [0.2, 0.25) is 5.89 Å². The summed E-state index contributed by atoms with van der Waals surface area (Å²) in [5, 5.41) is 7.67. The van der Waals surface area contributed by atoms with E-state index >= 15 is 0 Å². The third-order valence-electron chi connectivity index (χ3n) is 4.67. The largest absolute Gasteiger partial charge is 0.338 e. The Bertz CT molecular complexity index is 414. The standard InChI is InChI=1S/C15H26N4O/c1-2-19-10-6-4-7-12(19)11-14-17-15(20-18-14)13-8-3-5-9-16-13/h12-13,16H,2-11H2,1H3. The van der Waals surface area contributed by atoms with Crippen molar-refractivity contribution < 1.29 is 4.52 Å². The molecule has 0 saturated carbocycles. The van der Waals surface area contributed by atoms with Crippen LogP contribution in [0.2, 0.25) is 0 Å². The Kier molecular flexibility index (Phi) is 4.68. The van der Waals surface area contributed by atoms with Gasteiger partial charge in [-0.25, -0.2) is 0 Å². The number of hydrogen-bond acceptors (Lipinski definition) is 5. The van der Waals surface area contributed by atoms with Gasteiger partial charge in [0.05, 0.1) is 6.04 Å². The van der Waals surface area contributed by atoms with E-state index < -0.39 is 0 Å². The number of aromatic nitrogens is 2. The summed E-state index contributed by atoms with van der Waals surface area (Å²) in [6, 6.07) is 0.872. The lowest BCUT2D eigenvalue weighted by Gasteiger charge is -2.34. The fourth-order valence-corrected chi connectivity index (χ4v) is 3.47. The van der Waals surface area contributed by atoms with Crippen LogP contribution in [0.3, 0.4) is 0 Å². The van der Waals surface area contributed by atoms with E-state index in [-0.39, 0.29) is 6.04 Å². The van der Waals surface area contributed by atoms with E-state index in [1.54, 1.807) is 0 Å². The molecule has 5 heteroatoms. The van der Waals surface area contributed by atoms with E-state index in [1.165, 1.54) is 38.6 Å². The fourth-order valence-electron chi connectivity index (χ4n) is 3.47. The lowest BCUT2D eigenvalue weighted by atomic mass is 9.99. The van der Waals surface area contributed by atoms with Gasteiger partial charge in [-0.2, -0.15) is 4.98 Å². The molecular formula is C15H26N4O. The van der Waals surface area contributed by atoms with Gasteiger partial charge in [0.1, 0.15) is 0 Å². The Labute approximate surface area is 121 Å². The Morgan fingerprint density at radius 2 is 2.15 bits per heavy atom. The number of nitrogens with one attached hydrogen (secondary N) is 1. The predicted octanol–water partition coefficient (Wildman–Crippen LogP) is 2.30. The van der Waals surface area contributed by atoms with Gasteiger partial charge in [-0.1, -0.05) is 24.9 Å². The molecule has 2 unspecified atom stereocenters. The number of hydrogen-bond donors (Lipinski definition) is 1. The van der Waals surface area contributed by atoms with Crippen LogP contribution in [-0.4, -0.2) is 40.7 Å². The maximum atomic E-state index is 5.47. The molecule has 1 aromatic rings. The molecule has 2 fully saturated rings. The Hall–Kier alpha value is -0.940. The first kappa shape index (κ1) is 14.0. The van der Waals surface area contributed by atoms with Gasteiger partial charge >= 0.3 is 0 Å². The Balaban J connectivity index is 1.61. The number of nitrogens with zero attached hydrogens (tertiary/aromatic N) is 3. The zero-order valence-electron chi connectivity index (χ0n) is 12.5. The van der Waals surface area contributed by atoms with E-state index in [1.807, 2.05) is 0 Å². The molecule has 2 atom stereocenters. The van der Waals surface area contributed by atoms with Gasteiger partial charge < -0.3 is 14.7 Å². The second-order valence-electron chi connectivity index (χ2n) is 6.03. The molecule has 2 aliphatic rings. The minimum absolute atomic E-state index is 0.277. The number of likely N-dealkylation sites (tertiary alicyclic amines) is 1. The zero-order chi connectivity index (χ0) is 13.8. The summed E-state index contributed by atoms with van der Waals surface area (Å²) in [4.78, 5) is 7.18. The van der Waals surface area contributed by atoms with Crippen molar-refractivity contribution in [3.63, 3.8) is 0 Å². The summed E-state index contributed by atoms with van der Waals surface area (Å²) in [5.74, 6) is 1.68. The molecule has 1 aromatic heterocycles. The zero-order valence-corrected chi connectivity index (χ0v) is 12.5. The SMILES string of the molecule is CCN1CCCCC1Cc1noc(C2CCCCN2)n1. The van der Waals surface area contributed by atoms with Crippen molar-refractivity contribution in [2.24, 2.45) is 0 Å². The molecule has 0 bridgehead atoms. The average Bonchev–Trinajstić information content (AvgIpc) is 2.97. The lowest BCUT2D eigenvalue weighted by Crippen LogP contribution is -2.40. The maximum absolute atomic E-state index is 5.47. The van der Waals surface area contributed by atoms with Crippen molar-refractivity contribution >= 4 is 0 Å². The van der Waals surface area contributed by atoms with Crippen molar-refractivity contribution in [2.45, 2.75) is 64.0 Å². The highest BCUT2D eigenvalue weighted by atomic mass is 16.5. The molecule has 5 nitrogen and oxygen atoms in total. The quantitative estimate of drug-likeness (QED) is 0.916. The molecule has 112 valence electrons. The highest BCUT2D eigenvalue weighted by molar-refractivity contribution is 4.97. The van der Waals surface area contributed by atoms with Gasteiger partial charge in [-0.3, -0.25) is 0 Å². The lowest BCUT2D eigenvalue weighted by molar-refractivity contribution is 0.153. The first-order valence-corrected chi connectivity index (χ1v) is 8.16. The van der Waals surface area contributed by atoms with E-state index in [9.17, 15) is 0 Å². The van der Waals surface area contributed by atoms with Crippen LogP contribution >= 0.6 is 0 Å². The molecule has 1 N–H and O–H groups in total. The minimum atomic E-state index is 0.277. The maximum Gasteiger partial charge on any atom is 0.243 e. The Morgan fingerprint density at radius 1 is 1.25 bits per heavy atom. The van der Waals surface area contributed by atoms with Crippen LogP contribution in [0.25, 0.3) is 0 Å². The van der Waals surface area contributed by atoms with Gasteiger partial charge in [-0.15, -0.1) is 0 Å². The number of likely N-dealkylation sites (N-methyl/N-ethyl adjacent to an activating group) is 1. The summed E-state index contributed by atoms with van der Waals surface area (Å²) >= 11 is 0. The van der Waals surface area contributed by atoms with Crippen LogP contribution in [0.5, 0.6) is 0 Å². The molecule has 3 heterocycles. The van der Waals surface area contributed by atoms with Crippen LogP contribution in [0.1, 0.15) is 63.2 Å². The van der Waals surface area contributed by atoms with Crippen molar-refractivity contribution in [1.29, 1.82) is 0 Å². The molecule has 0 spiro atoms. The normalized spacial score (nSPS) is 28.6. The van der Waals surface area contributed by atoms with Crippen molar-refractivity contribution in [3.8, 4) is 0 Å². The highest BCUT2D eigenvalue weighted by Crippen LogP contribution is 2.23. The van der Waals surface area contributed by atoms with Crippen LogP contribution in [0, 0.1) is 0 Å². The molecule has 0 amide bonds. The van der Waals surface area contributed by atoms with E-state index in [4.69, 9.17) is 4.52 Å². The van der Waals surface area contributed by atoms with Crippen LogP contribution in [0.4, 0.5) is 0 Å². The molecule has 20 heavy (non-hydrogen) atoms. The van der Waals surface area contributed by atoms with Gasteiger partial charge in [-0.05, 0) is 45.3 Å². The first-order chi connectivity index (χ1) is 9.86. The van der Waals surface area contributed by atoms with Crippen molar-refractivity contribution in [3.05, 3.63) is 11.7 Å². The van der Waals surface area contributed by atoms with E-state index in [0.29, 0.717) is 6.04 Å². The molecule has 0 aliphatic carbocycles. The summed E-state index contributed by atoms with van der Waals surface area (Å²) in [6.45, 7) is 5.65. The molecular weight excluding hydrogens is 252 g/mol. The summed E-state index contributed by atoms with van der Waals surface area (Å²) in [5.41, 5.74) is 0. The minimum Gasteiger partial charge on any atom is -0.338 e. The number of piperidine rings is 2. The first-order valence-electron chi connectivity index (χ1n) is 8.16. The second-order valence-corrected chi connectivity index (χ2v) is 6.03. The third-order valence-corrected chi connectivity index (χ3v) is 4.67. The van der Waals surface area contributed by atoms with Gasteiger partial charge in [0, 0.05) is 12.5 Å². The van der Waals surface area contributed by atoms with Crippen LogP contribution in [0.15, 0.2) is 4.52 Å². The van der Waals surface area contributed by atoms with E-state index in [2.05, 4.69) is 27.3 Å². The third kappa shape index (κ3) is 3.20. The van der Waals surface area contributed by atoms with E-state index in [0.717, 1.165) is 37.6 Å². The molecule has 3 rings (SSSR count). The van der Waals surface area contributed by atoms with Gasteiger partial charge in [0.15, 0.2) is 5.82 Å². The summed E-state index contributed by atoms with van der Waals surface area (Å²) < 4.78 is 5.47. The smallest absolute Gasteiger partial charge is 0.243 e. The summed E-state index contributed by atoms with van der Waals surface area (Å²) in [6.07, 6.45) is 8.48. The molecule has 0 radical (unpaired) electrons. The molecule has 2 saturated heterocycles. The van der Waals surface area contributed by atoms with Crippen molar-refractivity contribution in [1.82, 2.24) is 20.4 Å². The average molecular weight is 278 g/mol. The highest BCUT2D eigenvalue weighted by Gasteiger charge is 2.25. The van der Waals surface area contributed by atoms with Crippen LogP contribution in [-0.2, 0) is 6.42 Å². The predicted molar refractivity (Wildman–Crippen MR) is 77.5 cm³/mol. The number of rotatable bonds is 4. The molecule has 0 aromatic carbocycles. The molecule has 2 aliphatic heterocycles. The monoisotopic (exact) mass is 278 g/mol. The summed E-state index contributed by atoms with van der Waals surface area (Å²) in [7, 11) is 0. The van der Waals surface area contributed by atoms with Crippen LogP contribution < -0.4 is 5.32 Å². The second kappa shape index (κ2) is 6.68.